The minimum atomic E-state index is -3.44. The van der Waals surface area contributed by atoms with Gasteiger partial charge < -0.3 is 5.11 Å². The van der Waals surface area contributed by atoms with Crippen LogP contribution in [0.5, 0.6) is 0 Å². The van der Waals surface area contributed by atoms with Crippen molar-refractivity contribution in [1.82, 2.24) is 4.98 Å². The molecule has 6 heteroatoms. The van der Waals surface area contributed by atoms with Crippen LogP contribution in [0.15, 0.2) is 36.5 Å². The highest BCUT2D eigenvalue weighted by atomic mass is 32.2. The van der Waals surface area contributed by atoms with Crippen LogP contribution in [0.1, 0.15) is 12.0 Å². The van der Waals surface area contributed by atoms with Crippen LogP contribution in [0.25, 0.3) is 10.9 Å². The summed E-state index contributed by atoms with van der Waals surface area (Å²) in [5, 5.41) is 9.41. The smallest absolute Gasteiger partial charge is 0.304 e. The number of hydrogen-bond donors (Lipinski definition) is 1. The monoisotopic (exact) mass is 279 g/mol. The first-order chi connectivity index (χ1) is 8.98. The number of benzene rings is 1. The average Bonchev–Trinajstić information content (AvgIpc) is 2.37. The number of nitrogens with zero attached hydrogens (tertiary/aromatic N) is 1. The van der Waals surface area contributed by atoms with Gasteiger partial charge in [0, 0.05) is 11.6 Å². The molecule has 0 amide bonds. The molecule has 0 spiro atoms. The molecule has 0 saturated carbocycles. The third-order valence-corrected chi connectivity index (χ3v) is 4.30. The summed E-state index contributed by atoms with van der Waals surface area (Å²) in [4.78, 5) is 14.6. The zero-order valence-electron chi connectivity index (χ0n) is 10.1. The van der Waals surface area contributed by atoms with Gasteiger partial charge in [-0.15, -0.1) is 0 Å². The Labute approximate surface area is 110 Å². The Balaban J connectivity index is 2.28. The Bertz CT molecular complexity index is 704. The highest BCUT2D eigenvalue weighted by molar-refractivity contribution is 7.90. The summed E-state index contributed by atoms with van der Waals surface area (Å²) in [5.74, 6) is -1.65. The predicted molar refractivity (Wildman–Crippen MR) is 71.5 cm³/mol. The highest BCUT2D eigenvalue weighted by Crippen LogP contribution is 2.18. The van der Waals surface area contributed by atoms with E-state index < -0.39 is 15.8 Å². The van der Waals surface area contributed by atoms with Crippen molar-refractivity contribution in [1.29, 1.82) is 0 Å². The van der Waals surface area contributed by atoms with Crippen molar-refractivity contribution in [3.8, 4) is 0 Å². The molecule has 100 valence electrons. The molecule has 1 N–H and O–H groups in total. The van der Waals surface area contributed by atoms with Gasteiger partial charge in [0.2, 0.25) is 0 Å². The fourth-order valence-corrected chi connectivity index (χ4v) is 3.17. The summed E-state index contributed by atoms with van der Waals surface area (Å²) in [6.45, 7) is 0. The Hall–Kier alpha value is -1.95. The fourth-order valence-electron chi connectivity index (χ4n) is 1.84. The van der Waals surface area contributed by atoms with Crippen LogP contribution in [0.2, 0.25) is 0 Å². The second-order valence-electron chi connectivity index (χ2n) is 4.23. The lowest BCUT2D eigenvalue weighted by Crippen LogP contribution is -2.13. The number of carbonyl (C=O) groups is 1. The Morgan fingerprint density at radius 3 is 2.68 bits per heavy atom. The summed E-state index contributed by atoms with van der Waals surface area (Å²) < 4.78 is 23.7. The number of aromatic nitrogens is 1. The zero-order valence-corrected chi connectivity index (χ0v) is 10.9. The van der Waals surface area contributed by atoms with E-state index in [0.29, 0.717) is 11.1 Å². The van der Waals surface area contributed by atoms with Crippen LogP contribution in [0.3, 0.4) is 0 Å². The first kappa shape index (κ1) is 13.5. The van der Waals surface area contributed by atoms with Crippen molar-refractivity contribution in [3.05, 3.63) is 42.1 Å². The molecule has 1 aromatic carbocycles. The van der Waals surface area contributed by atoms with Gasteiger partial charge in [-0.1, -0.05) is 24.3 Å². The first-order valence-corrected chi connectivity index (χ1v) is 7.55. The highest BCUT2D eigenvalue weighted by Gasteiger charge is 2.16. The third-order valence-electron chi connectivity index (χ3n) is 2.72. The first-order valence-electron chi connectivity index (χ1n) is 5.73. The molecule has 0 aliphatic carbocycles. The molecule has 2 aromatic rings. The molecular weight excluding hydrogens is 266 g/mol. The number of aliphatic carboxylic acids is 1. The number of sulfone groups is 1. The number of carboxylic acid groups (broad SMARTS) is 1. The van der Waals surface area contributed by atoms with Crippen LogP contribution in [-0.2, 0) is 20.4 Å². The fraction of sp³-hybridized carbons (Fsp3) is 0.231. The molecule has 19 heavy (non-hydrogen) atoms. The van der Waals surface area contributed by atoms with Gasteiger partial charge in [0.1, 0.15) is 0 Å². The summed E-state index contributed by atoms with van der Waals surface area (Å²) in [6.07, 6.45) is 1.23. The van der Waals surface area contributed by atoms with Crippen LogP contribution in [0.4, 0.5) is 0 Å². The zero-order chi connectivity index (χ0) is 13.9. The summed E-state index contributed by atoms with van der Waals surface area (Å²) >= 11 is 0. The summed E-state index contributed by atoms with van der Waals surface area (Å²) in [6, 6.07) is 8.97. The molecule has 5 nitrogen and oxygen atoms in total. The van der Waals surface area contributed by atoms with Crippen molar-refractivity contribution < 1.29 is 18.3 Å². The predicted octanol–water partition coefficient (Wildman–Crippen LogP) is 1.62. The second-order valence-corrected chi connectivity index (χ2v) is 6.41. The summed E-state index contributed by atoms with van der Waals surface area (Å²) in [7, 11) is -3.44. The van der Waals surface area contributed by atoms with Gasteiger partial charge >= 0.3 is 5.97 Å². The molecule has 0 aliphatic heterocycles. The Morgan fingerprint density at radius 2 is 1.95 bits per heavy atom. The summed E-state index contributed by atoms with van der Waals surface area (Å²) in [5.41, 5.74) is 1.24. The van der Waals surface area contributed by atoms with Crippen LogP contribution >= 0.6 is 0 Å². The number of hydrogen-bond acceptors (Lipinski definition) is 4. The number of rotatable bonds is 5. The van der Waals surface area contributed by atoms with E-state index in [1.54, 1.807) is 24.4 Å². The van der Waals surface area contributed by atoms with Crippen molar-refractivity contribution >= 4 is 26.7 Å². The second kappa shape index (κ2) is 5.36. The molecule has 0 saturated heterocycles. The van der Waals surface area contributed by atoms with Gasteiger partial charge in [0.05, 0.1) is 23.4 Å². The van der Waals surface area contributed by atoms with Crippen LogP contribution in [-0.4, -0.2) is 30.2 Å². The van der Waals surface area contributed by atoms with Crippen molar-refractivity contribution in [3.63, 3.8) is 0 Å². The quantitative estimate of drug-likeness (QED) is 0.899. The van der Waals surface area contributed by atoms with Gasteiger partial charge in [-0.25, -0.2) is 8.42 Å². The van der Waals surface area contributed by atoms with E-state index in [9.17, 15) is 13.2 Å². The molecular formula is C13H13NO4S. The number of para-hydroxylation sites is 1. The Morgan fingerprint density at radius 1 is 1.21 bits per heavy atom. The molecule has 0 atom stereocenters. The van der Waals surface area contributed by atoms with Gasteiger partial charge in [-0.2, -0.15) is 0 Å². The maximum atomic E-state index is 11.9. The number of fused-ring (bicyclic) bond motifs is 1. The van der Waals surface area contributed by atoms with E-state index >= 15 is 0 Å². The number of carboxylic acids is 1. The molecule has 0 fully saturated rings. The van der Waals surface area contributed by atoms with Gasteiger partial charge in [-0.05, 0) is 11.6 Å². The molecule has 1 heterocycles. The SMILES string of the molecule is O=C(O)CCS(=O)(=O)Cc1cccc2cccnc12. The van der Waals surface area contributed by atoms with E-state index in [0.717, 1.165) is 5.39 Å². The van der Waals surface area contributed by atoms with E-state index in [4.69, 9.17) is 5.11 Å². The van der Waals surface area contributed by atoms with E-state index in [1.165, 1.54) is 0 Å². The number of pyridine rings is 1. The molecule has 0 unspecified atom stereocenters. The minimum Gasteiger partial charge on any atom is -0.481 e. The Kier molecular flexibility index (Phi) is 3.80. The lowest BCUT2D eigenvalue weighted by molar-refractivity contribution is -0.136. The molecule has 0 aliphatic rings. The van der Waals surface area contributed by atoms with Crippen molar-refractivity contribution in [2.24, 2.45) is 0 Å². The van der Waals surface area contributed by atoms with Crippen molar-refractivity contribution in [2.45, 2.75) is 12.2 Å². The van der Waals surface area contributed by atoms with E-state index in [-0.39, 0.29) is 17.9 Å². The van der Waals surface area contributed by atoms with Crippen molar-refractivity contribution in [2.75, 3.05) is 5.75 Å². The average molecular weight is 279 g/mol. The molecule has 0 radical (unpaired) electrons. The van der Waals surface area contributed by atoms with Gasteiger partial charge in [-0.3, -0.25) is 9.78 Å². The van der Waals surface area contributed by atoms with E-state index in [2.05, 4.69) is 4.98 Å². The largest absolute Gasteiger partial charge is 0.481 e. The standard InChI is InChI=1S/C13H13NO4S/c15-12(16)6-8-19(17,18)9-11-4-1-3-10-5-2-7-14-13(10)11/h1-5,7H,6,8-9H2,(H,15,16). The lowest BCUT2D eigenvalue weighted by Gasteiger charge is -2.06. The van der Waals surface area contributed by atoms with Crippen LogP contribution < -0.4 is 0 Å². The molecule has 1 aromatic heterocycles. The third kappa shape index (κ3) is 3.51. The topological polar surface area (TPSA) is 84.3 Å². The van der Waals surface area contributed by atoms with Gasteiger partial charge in [0.15, 0.2) is 9.84 Å². The normalized spacial score (nSPS) is 11.6. The lowest BCUT2D eigenvalue weighted by atomic mass is 10.1. The maximum absolute atomic E-state index is 11.9. The van der Waals surface area contributed by atoms with Gasteiger partial charge in [0.25, 0.3) is 0 Å². The molecule has 0 bridgehead atoms. The minimum absolute atomic E-state index is 0.186. The van der Waals surface area contributed by atoms with Crippen LogP contribution in [0, 0.1) is 0 Å². The van der Waals surface area contributed by atoms with E-state index in [1.807, 2.05) is 12.1 Å². The molecule has 2 rings (SSSR count). The maximum Gasteiger partial charge on any atom is 0.304 e.